The summed E-state index contributed by atoms with van der Waals surface area (Å²) in [6.45, 7) is 1.70. The van der Waals surface area contributed by atoms with Crippen LogP contribution in [0.2, 0.25) is 0 Å². The summed E-state index contributed by atoms with van der Waals surface area (Å²) in [5.41, 5.74) is 6.01. The number of hydrogen-bond donors (Lipinski definition) is 1. The highest BCUT2D eigenvalue weighted by Gasteiger charge is 2.32. The van der Waals surface area contributed by atoms with E-state index in [2.05, 4.69) is 0 Å². The van der Waals surface area contributed by atoms with Crippen molar-refractivity contribution in [3.8, 4) is 0 Å². The largest absolute Gasteiger partial charge is 0.339 e. The highest BCUT2D eigenvalue weighted by atomic mass is 19.1. The summed E-state index contributed by atoms with van der Waals surface area (Å²) in [6.07, 6.45) is 2.27. The highest BCUT2D eigenvalue weighted by molar-refractivity contribution is 5.79. The average molecular weight is 282 g/mol. The second-order valence-electron chi connectivity index (χ2n) is 5.56. The van der Waals surface area contributed by atoms with Gasteiger partial charge in [-0.15, -0.1) is 0 Å². The molecular weight excluding hydrogens is 262 g/mol. The second-order valence-corrected chi connectivity index (χ2v) is 5.56. The zero-order chi connectivity index (χ0) is 14.9. The maximum absolute atomic E-state index is 13.8. The minimum atomic E-state index is -0.505. The minimum absolute atomic E-state index is 0.0471. The Labute approximate surface area is 117 Å². The van der Waals surface area contributed by atoms with Gasteiger partial charge in [0.05, 0.1) is 6.04 Å². The SMILES string of the molecule is C[C@H](c1cc(F)ccc1F)N(C)C(=O)[C@@H]1CC[C@H](N)C1. The van der Waals surface area contributed by atoms with Crippen LogP contribution in [0.25, 0.3) is 0 Å². The molecule has 3 nitrogen and oxygen atoms in total. The maximum Gasteiger partial charge on any atom is 0.225 e. The van der Waals surface area contributed by atoms with E-state index in [-0.39, 0.29) is 23.4 Å². The van der Waals surface area contributed by atoms with Crippen LogP contribution in [0.15, 0.2) is 18.2 Å². The molecule has 0 aromatic heterocycles. The van der Waals surface area contributed by atoms with Crippen molar-refractivity contribution in [2.45, 2.75) is 38.3 Å². The minimum Gasteiger partial charge on any atom is -0.339 e. The quantitative estimate of drug-likeness (QED) is 0.926. The first-order chi connectivity index (χ1) is 9.40. The summed E-state index contributed by atoms with van der Waals surface area (Å²) >= 11 is 0. The van der Waals surface area contributed by atoms with Crippen LogP contribution in [0, 0.1) is 17.6 Å². The van der Waals surface area contributed by atoms with Gasteiger partial charge in [0.15, 0.2) is 0 Å². The van der Waals surface area contributed by atoms with Crippen molar-refractivity contribution in [3.05, 3.63) is 35.4 Å². The molecule has 1 amide bonds. The van der Waals surface area contributed by atoms with E-state index in [1.165, 1.54) is 4.90 Å². The average Bonchev–Trinajstić information content (AvgIpc) is 2.85. The number of carbonyl (C=O) groups excluding carboxylic acids is 1. The Bertz CT molecular complexity index is 507. The molecule has 0 bridgehead atoms. The molecular formula is C15H20F2N2O. The first-order valence-electron chi connectivity index (χ1n) is 6.87. The van der Waals surface area contributed by atoms with Gasteiger partial charge in [0, 0.05) is 24.6 Å². The van der Waals surface area contributed by atoms with Gasteiger partial charge in [-0.3, -0.25) is 4.79 Å². The van der Waals surface area contributed by atoms with Crippen molar-refractivity contribution in [3.63, 3.8) is 0 Å². The number of benzene rings is 1. The van der Waals surface area contributed by atoms with Crippen molar-refractivity contribution in [2.24, 2.45) is 11.7 Å². The molecule has 5 heteroatoms. The molecule has 0 heterocycles. The third-order valence-electron chi connectivity index (χ3n) is 4.16. The molecule has 2 N–H and O–H groups in total. The third kappa shape index (κ3) is 2.98. The molecule has 1 fully saturated rings. The summed E-state index contributed by atoms with van der Waals surface area (Å²) in [6, 6.07) is 2.87. The van der Waals surface area contributed by atoms with Gasteiger partial charge in [0.1, 0.15) is 11.6 Å². The molecule has 0 aliphatic heterocycles. The fourth-order valence-electron chi connectivity index (χ4n) is 2.76. The van der Waals surface area contributed by atoms with Crippen LogP contribution in [-0.2, 0) is 4.79 Å². The van der Waals surface area contributed by atoms with Crippen LogP contribution in [0.1, 0.15) is 37.8 Å². The topological polar surface area (TPSA) is 46.3 Å². The van der Waals surface area contributed by atoms with E-state index in [4.69, 9.17) is 5.73 Å². The normalized spacial score (nSPS) is 23.6. The first-order valence-corrected chi connectivity index (χ1v) is 6.87. The molecule has 1 aromatic rings. The lowest BCUT2D eigenvalue weighted by Crippen LogP contribution is -2.35. The Hall–Kier alpha value is -1.49. The van der Waals surface area contributed by atoms with Crippen molar-refractivity contribution in [1.82, 2.24) is 4.90 Å². The maximum atomic E-state index is 13.8. The zero-order valence-corrected chi connectivity index (χ0v) is 11.8. The van der Waals surface area contributed by atoms with Crippen LogP contribution in [0.3, 0.4) is 0 Å². The molecule has 1 aromatic carbocycles. The van der Waals surface area contributed by atoms with Crippen LogP contribution in [0.5, 0.6) is 0 Å². The van der Waals surface area contributed by atoms with Crippen molar-refractivity contribution < 1.29 is 13.6 Å². The van der Waals surface area contributed by atoms with Crippen LogP contribution < -0.4 is 5.73 Å². The van der Waals surface area contributed by atoms with Crippen molar-refractivity contribution >= 4 is 5.91 Å². The standard InChI is InChI=1S/C15H20F2N2O/c1-9(13-8-11(16)4-6-14(13)17)19(2)15(20)10-3-5-12(18)7-10/h4,6,8-10,12H,3,5,7,18H2,1-2H3/t9-,10-,12+/m1/s1. The highest BCUT2D eigenvalue weighted by Crippen LogP contribution is 2.30. The molecule has 0 saturated heterocycles. The number of halogens is 2. The number of nitrogens with zero attached hydrogens (tertiary/aromatic N) is 1. The fourth-order valence-corrected chi connectivity index (χ4v) is 2.76. The third-order valence-corrected chi connectivity index (χ3v) is 4.16. The van der Waals surface area contributed by atoms with E-state index >= 15 is 0 Å². The number of nitrogens with two attached hydrogens (primary N) is 1. The van der Waals surface area contributed by atoms with Crippen LogP contribution in [-0.4, -0.2) is 23.9 Å². The van der Waals surface area contributed by atoms with Crippen LogP contribution in [0.4, 0.5) is 8.78 Å². The molecule has 1 saturated carbocycles. The number of carbonyl (C=O) groups is 1. The van der Waals surface area contributed by atoms with Gasteiger partial charge < -0.3 is 10.6 Å². The Morgan fingerprint density at radius 2 is 2.10 bits per heavy atom. The van der Waals surface area contributed by atoms with E-state index < -0.39 is 17.7 Å². The molecule has 110 valence electrons. The smallest absolute Gasteiger partial charge is 0.225 e. The Kier molecular flexibility index (Phi) is 4.38. The summed E-state index contributed by atoms with van der Waals surface area (Å²) in [5.74, 6) is -1.15. The van der Waals surface area contributed by atoms with Crippen molar-refractivity contribution in [2.75, 3.05) is 7.05 Å². The summed E-state index contributed by atoms with van der Waals surface area (Å²) in [5, 5.41) is 0. The molecule has 3 atom stereocenters. The van der Waals surface area contributed by atoms with E-state index in [0.29, 0.717) is 6.42 Å². The summed E-state index contributed by atoms with van der Waals surface area (Å²) < 4.78 is 27.0. The monoisotopic (exact) mass is 282 g/mol. The van der Waals surface area contributed by atoms with E-state index in [9.17, 15) is 13.6 Å². The Morgan fingerprint density at radius 3 is 2.70 bits per heavy atom. The van der Waals surface area contributed by atoms with Gasteiger partial charge in [-0.2, -0.15) is 0 Å². The molecule has 1 aliphatic rings. The molecule has 1 aliphatic carbocycles. The number of hydrogen-bond acceptors (Lipinski definition) is 2. The van der Waals surface area contributed by atoms with Crippen LogP contribution >= 0.6 is 0 Å². The lowest BCUT2D eigenvalue weighted by molar-refractivity contribution is -0.136. The number of amides is 1. The Morgan fingerprint density at radius 1 is 1.40 bits per heavy atom. The van der Waals surface area contributed by atoms with Gasteiger partial charge in [0.2, 0.25) is 5.91 Å². The van der Waals surface area contributed by atoms with Gasteiger partial charge in [-0.1, -0.05) is 0 Å². The van der Waals surface area contributed by atoms with Gasteiger partial charge >= 0.3 is 0 Å². The molecule has 20 heavy (non-hydrogen) atoms. The molecule has 0 spiro atoms. The summed E-state index contributed by atoms with van der Waals surface area (Å²) in [7, 11) is 1.63. The molecule has 0 radical (unpaired) electrons. The molecule has 2 rings (SSSR count). The van der Waals surface area contributed by atoms with Gasteiger partial charge in [-0.05, 0) is 44.4 Å². The zero-order valence-electron chi connectivity index (χ0n) is 11.8. The van der Waals surface area contributed by atoms with Gasteiger partial charge in [-0.25, -0.2) is 8.78 Å². The Balaban J connectivity index is 2.13. The predicted octanol–water partition coefficient (Wildman–Crippen LogP) is 2.61. The summed E-state index contributed by atoms with van der Waals surface area (Å²) in [4.78, 5) is 13.8. The number of rotatable bonds is 3. The van der Waals surface area contributed by atoms with E-state index in [0.717, 1.165) is 31.0 Å². The van der Waals surface area contributed by atoms with E-state index in [1.54, 1.807) is 14.0 Å². The van der Waals surface area contributed by atoms with Gasteiger partial charge in [0.25, 0.3) is 0 Å². The second kappa shape index (κ2) is 5.87. The lowest BCUT2D eigenvalue weighted by Gasteiger charge is -2.28. The molecule has 0 unspecified atom stereocenters. The fraction of sp³-hybridized carbons (Fsp3) is 0.533. The lowest BCUT2D eigenvalue weighted by atomic mass is 10.0. The first kappa shape index (κ1) is 14.9. The van der Waals surface area contributed by atoms with E-state index in [1.807, 2.05) is 0 Å². The van der Waals surface area contributed by atoms with Crippen molar-refractivity contribution in [1.29, 1.82) is 0 Å². The predicted molar refractivity (Wildman–Crippen MR) is 72.9 cm³/mol.